The number of halogens is 1. The van der Waals surface area contributed by atoms with Crippen LogP contribution in [0.5, 0.6) is 0 Å². The van der Waals surface area contributed by atoms with Gasteiger partial charge in [0, 0.05) is 31.9 Å². The molecule has 2 N–H and O–H groups in total. The van der Waals surface area contributed by atoms with Crippen molar-refractivity contribution in [2.24, 2.45) is 5.73 Å². The van der Waals surface area contributed by atoms with Crippen molar-refractivity contribution in [3.05, 3.63) is 29.6 Å². The lowest BCUT2D eigenvalue weighted by Crippen LogP contribution is -2.51. The quantitative estimate of drug-likeness (QED) is 0.843. The third-order valence-electron chi connectivity index (χ3n) is 3.58. The van der Waals surface area contributed by atoms with Gasteiger partial charge in [0.15, 0.2) is 0 Å². The zero-order chi connectivity index (χ0) is 14.7. The highest BCUT2D eigenvalue weighted by Crippen LogP contribution is 2.23. The fourth-order valence-electron chi connectivity index (χ4n) is 2.41. The van der Waals surface area contributed by atoms with E-state index in [-0.39, 0.29) is 17.7 Å². The maximum absolute atomic E-state index is 13.6. The van der Waals surface area contributed by atoms with Gasteiger partial charge in [-0.2, -0.15) is 0 Å². The van der Waals surface area contributed by atoms with Crippen LogP contribution in [0.1, 0.15) is 16.8 Å². The van der Waals surface area contributed by atoms with Crippen LogP contribution in [-0.2, 0) is 9.47 Å². The molecule has 1 aliphatic heterocycles. The first-order chi connectivity index (χ1) is 9.55. The Labute approximate surface area is 117 Å². The maximum atomic E-state index is 13.6. The first-order valence-corrected chi connectivity index (χ1v) is 6.47. The fourth-order valence-corrected chi connectivity index (χ4v) is 2.41. The number of hydrogen-bond acceptors (Lipinski definition) is 5. The van der Waals surface area contributed by atoms with Gasteiger partial charge < -0.3 is 20.1 Å². The highest BCUT2D eigenvalue weighted by atomic mass is 19.1. The molecule has 5 nitrogen and oxygen atoms in total. The van der Waals surface area contributed by atoms with Crippen LogP contribution in [0.15, 0.2) is 18.2 Å². The van der Waals surface area contributed by atoms with Gasteiger partial charge >= 0.3 is 5.97 Å². The monoisotopic (exact) mass is 282 g/mol. The molecule has 2 rings (SSSR count). The summed E-state index contributed by atoms with van der Waals surface area (Å²) in [4.78, 5) is 13.5. The Kier molecular flexibility index (Phi) is 4.57. The standard InChI is InChI=1S/C14H19FN2O3/c1-19-13-8-17(4-3-12(13)16)11-6-9(14(18)20-2)5-10(15)7-11/h5-7,12-13H,3-4,8,16H2,1-2H3/t12-,13+/m0/s1. The van der Waals surface area contributed by atoms with Crippen LogP contribution in [-0.4, -0.2) is 45.4 Å². The van der Waals surface area contributed by atoms with Crippen LogP contribution < -0.4 is 10.6 Å². The number of piperidine rings is 1. The molecular formula is C14H19FN2O3. The average molecular weight is 282 g/mol. The number of anilines is 1. The van der Waals surface area contributed by atoms with Gasteiger partial charge in [-0.05, 0) is 24.6 Å². The van der Waals surface area contributed by atoms with Crippen molar-refractivity contribution in [3.8, 4) is 0 Å². The molecule has 1 fully saturated rings. The molecule has 0 unspecified atom stereocenters. The second-order valence-corrected chi connectivity index (χ2v) is 4.86. The summed E-state index contributed by atoms with van der Waals surface area (Å²) < 4.78 is 23.6. The summed E-state index contributed by atoms with van der Waals surface area (Å²) in [5.74, 6) is -1.02. The Morgan fingerprint density at radius 1 is 1.40 bits per heavy atom. The molecule has 1 aromatic carbocycles. The second-order valence-electron chi connectivity index (χ2n) is 4.86. The molecule has 6 heteroatoms. The number of rotatable bonds is 3. The summed E-state index contributed by atoms with van der Waals surface area (Å²) in [7, 11) is 2.88. The Hall–Kier alpha value is -1.66. The Balaban J connectivity index is 2.24. The zero-order valence-corrected chi connectivity index (χ0v) is 11.6. The average Bonchev–Trinajstić information content (AvgIpc) is 2.46. The minimum atomic E-state index is -0.553. The molecule has 1 aromatic rings. The van der Waals surface area contributed by atoms with Crippen LogP contribution in [0.4, 0.5) is 10.1 Å². The van der Waals surface area contributed by atoms with Crippen LogP contribution in [0.3, 0.4) is 0 Å². The number of carbonyl (C=O) groups excluding carboxylic acids is 1. The normalized spacial score (nSPS) is 22.7. The van der Waals surface area contributed by atoms with Gasteiger partial charge in [-0.3, -0.25) is 0 Å². The van der Waals surface area contributed by atoms with Gasteiger partial charge in [-0.1, -0.05) is 0 Å². The topological polar surface area (TPSA) is 64.8 Å². The lowest BCUT2D eigenvalue weighted by molar-refractivity contribution is 0.0600. The minimum absolute atomic E-state index is 0.0233. The van der Waals surface area contributed by atoms with Crippen LogP contribution >= 0.6 is 0 Å². The van der Waals surface area contributed by atoms with Crippen LogP contribution in [0, 0.1) is 5.82 Å². The van der Waals surface area contributed by atoms with Crippen molar-refractivity contribution in [2.75, 3.05) is 32.2 Å². The van der Waals surface area contributed by atoms with Crippen LogP contribution in [0.25, 0.3) is 0 Å². The molecular weight excluding hydrogens is 263 g/mol. The van der Waals surface area contributed by atoms with Gasteiger partial charge in [0.25, 0.3) is 0 Å². The number of ether oxygens (including phenoxy) is 2. The van der Waals surface area contributed by atoms with E-state index in [1.807, 2.05) is 4.90 Å². The second kappa shape index (κ2) is 6.19. The van der Waals surface area contributed by atoms with Crippen molar-refractivity contribution in [3.63, 3.8) is 0 Å². The molecule has 2 atom stereocenters. The summed E-state index contributed by atoms with van der Waals surface area (Å²) in [6.45, 7) is 1.27. The molecule has 0 radical (unpaired) electrons. The molecule has 110 valence electrons. The summed E-state index contributed by atoms with van der Waals surface area (Å²) in [5.41, 5.74) is 6.80. The summed E-state index contributed by atoms with van der Waals surface area (Å²) in [6, 6.07) is 4.16. The van der Waals surface area contributed by atoms with Gasteiger partial charge in [0.1, 0.15) is 5.82 Å². The van der Waals surface area contributed by atoms with E-state index in [0.29, 0.717) is 18.8 Å². The maximum Gasteiger partial charge on any atom is 0.338 e. The van der Waals surface area contributed by atoms with Crippen LogP contribution in [0.2, 0.25) is 0 Å². The Morgan fingerprint density at radius 2 is 2.15 bits per heavy atom. The predicted molar refractivity (Wildman–Crippen MR) is 73.3 cm³/mol. The number of benzene rings is 1. The molecule has 0 bridgehead atoms. The van der Waals surface area contributed by atoms with Crippen molar-refractivity contribution >= 4 is 11.7 Å². The largest absolute Gasteiger partial charge is 0.465 e. The van der Waals surface area contributed by atoms with E-state index in [4.69, 9.17) is 10.5 Å². The van der Waals surface area contributed by atoms with E-state index < -0.39 is 11.8 Å². The molecule has 0 aliphatic carbocycles. The van der Waals surface area contributed by atoms with Gasteiger partial charge in [0.05, 0.1) is 18.8 Å². The highest BCUT2D eigenvalue weighted by molar-refractivity contribution is 5.90. The van der Waals surface area contributed by atoms with E-state index in [1.165, 1.54) is 19.2 Å². The molecule has 1 aliphatic rings. The third kappa shape index (κ3) is 3.08. The smallest absolute Gasteiger partial charge is 0.338 e. The first-order valence-electron chi connectivity index (χ1n) is 6.47. The highest BCUT2D eigenvalue weighted by Gasteiger charge is 2.27. The molecule has 0 saturated carbocycles. The van der Waals surface area contributed by atoms with Crippen molar-refractivity contribution < 1.29 is 18.7 Å². The molecule has 0 spiro atoms. The zero-order valence-electron chi connectivity index (χ0n) is 11.6. The predicted octanol–water partition coefficient (Wildman–Crippen LogP) is 1.16. The van der Waals surface area contributed by atoms with E-state index >= 15 is 0 Å². The molecule has 1 heterocycles. The number of hydrogen-bond donors (Lipinski definition) is 1. The van der Waals surface area contributed by atoms with Gasteiger partial charge in [0.2, 0.25) is 0 Å². The van der Waals surface area contributed by atoms with E-state index in [0.717, 1.165) is 6.42 Å². The summed E-state index contributed by atoms with van der Waals surface area (Å²) >= 11 is 0. The van der Waals surface area contributed by atoms with Gasteiger partial charge in [-0.15, -0.1) is 0 Å². The van der Waals surface area contributed by atoms with E-state index in [2.05, 4.69) is 4.74 Å². The van der Waals surface area contributed by atoms with Crippen molar-refractivity contribution in [1.29, 1.82) is 0 Å². The number of carbonyl (C=O) groups is 1. The van der Waals surface area contributed by atoms with Gasteiger partial charge in [-0.25, -0.2) is 9.18 Å². The number of nitrogens with two attached hydrogens (primary N) is 1. The molecule has 1 saturated heterocycles. The molecule has 0 aromatic heterocycles. The SMILES string of the molecule is COC(=O)c1cc(F)cc(N2CC[C@H](N)[C@H](OC)C2)c1. The summed E-state index contributed by atoms with van der Waals surface area (Å²) in [5, 5.41) is 0. The third-order valence-corrected chi connectivity index (χ3v) is 3.58. The lowest BCUT2D eigenvalue weighted by atomic mass is 10.0. The Bertz CT molecular complexity index is 495. The summed E-state index contributed by atoms with van der Waals surface area (Å²) in [6.07, 6.45) is 0.649. The number of nitrogens with zero attached hydrogens (tertiary/aromatic N) is 1. The number of esters is 1. The molecule has 0 amide bonds. The van der Waals surface area contributed by atoms with Crippen molar-refractivity contribution in [1.82, 2.24) is 0 Å². The molecule has 20 heavy (non-hydrogen) atoms. The number of methoxy groups -OCH3 is 2. The fraction of sp³-hybridized carbons (Fsp3) is 0.500. The Morgan fingerprint density at radius 3 is 2.80 bits per heavy atom. The first kappa shape index (κ1) is 14.7. The lowest BCUT2D eigenvalue weighted by Gasteiger charge is -2.37. The van der Waals surface area contributed by atoms with Crippen molar-refractivity contribution in [2.45, 2.75) is 18.6 Å². The minimum Gasteiger partial charge on any atom is -0.465 e. The van der Waals surface area contributed by atoms with E-state index in [9.17, 15) is 9.18 Å². The van der Waals surface area contributed by atoms with E-state index in [1.54, 1.807) is 13.2 Å².